The Kier molecular flexibility index (Phi) is 5.26. The summed E-state index contributed by atoms with van der Waals surface area (Å²) >= 11 is 1.54. The van der Waals surface area contributed by atoms with Gasteiger partial charge >= 0.3 is 0 Å². The SMILES string of the molecule is CCN(Cc1ccc(F)cc1)Sc1cncc(C=O)c1. The highest BCUT2D eigenvalue weighted by Crippen LogP contribution is 2.24. The Morgan fingerprint density at radius 1 is 1.30 bits per heavy atom. The molecule has 0 fully saturated rings. The molecule has 1 aromatic heterocycles. The van der Waals surface area contributed by atoms with Crippen LogP contribution in [0, 0.1) is 5.82 Å². The van der Waals surface area contributed by atoms with Crippen LogP contribution in [0.1, 0.15) is 22.8 Å². The molecule has 0 saturated carbocycles. The van der Waals surface area contributed by atoms with Crippen molar-refractivity contribution in [3.8, 4) is 0 Å². The van der Waals surface area contributed by atoms with Crippen molar-refractivity contribution in [1.82, 2.24) is 9.29 Å². The fourth-order valence-electron chi connectivity index (χ4n) is 1.70. The van der Waals surface area contributed by atoms with Crippen LogP contribution in [0.4, 0.5) is 4.39 Å². The van der Waals surface area contributed by atoms with Gasteiger partial charge in [0.2, 0.25) is 0 Å². The molecule has 0 amide bonds. The number of hydrogen-bond acceptors (Lipinski definition) is 4. The minimum atomic E-state index is -0.229. The van der Waals surface area contributed by atoms with Gasteiger partial charge in [-0.3, -0.25) is 9.78 Å². The predicted molar refractivity (Wildman–Crippen MR) is 78.0 cm³/mol. The first-order valence-electron chi connectivity index (χ1n) is 6.29. The van der Waals surface area contributed by atoms with Crippen molar-refractivity contribution in [2.75, 3.05) is 6.54 Å². The van der Waals surface area contributed by atoms with Gasteiger partial charge < -0.3 is 0 Å². The third-order valence-electron chi connectivity index (χ3n) is 2.73. The fraction of sp³-hybridized carbons (Fsp3) is 0.200. The van der Waals surface area contributed by atoms with Gasteiger partial charge in [0.1, 0.15) is 5.82 Å². The van der Waals surface area contributed by atoms with E-state index in [1.54, 1.807) is 24.4 Å². The van der Waals surface area contributed by atoms with Gasteiger partial charge in [-0.2, -0.15) is 0 Å². The molecule has 0 aliphatic heterocycles. The predicted octanol–water partition coefficient (Wildman–Crippen LogP) is 3.56. The van der Waals surface area contributed by atoms with E-state index in [0.29, 0.717) is 12.1 Å². The molecular weight excluding hydrogens is 275 g/mol. The van der Waals surface area contributed by atoms with Crippen LogP contribution < -0.4 is 0 Å². The second kappa shape index (κ2) is 7.17. The Bertz CT molecular complexity index is 574. The average molecular weight is 290 g/mol. The average Bonchev–Trinajstić information content (AvgIpc) is 2.49. The second-order valence-corrected chi connectivity index (χ2v) is 5.42. The van der Waals surface area contributed by atoms with Crippen LogP contribution in [0.15, 0.2) is 47.6 Å². The van der Waals surface area contributed by atoms with Crippen LogP contribution >= 0.6 is 11.9 Å². The zero-order chi connectivity index (χ0) is 14.4. The number of hydrogen-bond donors (Lipinski definition) is 0. The Labute approximate surface area is 122 Å². The van der Waals surface area contributed by atoms with E-state index in [1.165, 1.54) is 30.3 Å². The first kappa shape index (κ1) is 14.7. The monoisotopic (exact) mass is 290 g/mol. The van der Waals surface area contributed by atoms with Gasteiger partial charge in [0.25, 0.3) is 0 Å². The van der Waals surface area contributed by atoms with Gasteiger partial charge in [-0.25, -0.2) is 8.70 Å². The second-order valence-electron chi connectivity index (χ2n) is 4.25. The molecule has 0 N–H and O–H groups in total. The Morgan fingerprint density at radius 2 is 2.05 bits per heavy atom. The van der Waals surface area contributed by atoms with Crippen LogP contribution in [0.3, 0.4) is 0 Å². The van der Waals surface area contributed by atoms with E-state index in [-0.39, 0.29) is 5.82 Å². The number of benzene rings is 1. The molecule has 0 saturated heterocycles. The van der Waals surface area contributed by atoms with E-state index in [4.69, 9.17) is 0 Å². The van der Waals surface area contributed by atoms with E-state index < -0.39 is 0 Å². The summed E-state index contributed by atoms with van der Waals surface area (Å²) in [5.41, 5.74) is 1.60. The molecule has 0 unspecified atom stereocenters. The van der Waals surface area contributed by atoms with Gasteiger partial charge in [-0.15, -0.1) is 0 Å². The highest BCUT2D eigenvalue weighted by molar-refractivity contribution is 7.97. The smallest absolute Gasteiger partial charge is 0.151 e. The lowest BCUT2D eigenvalue weighted by molar-refractivity contribution is 0.112. The number of carbonyl (C=O) groups excluding carboxylic acids is 1. The summed E-state index contributed by atoms with van der Waals surface area (Å²) in [4.78, 5) is 15.7. The zero-order valence-corrected chi connectivity index (χ0v) is 11.9. The van der Waals surface area contributed by atoms with Crippen LogP contribution in [-0.4, -0.2) is 22.1 Å². The third-order valence-corrected chi connectivity index (χ3v) is 3.81. The lowest BCUT2D eigenvalue weighted by Gasteiger charge is -2.19. The Morgan fingerprint density at radius 3 is 2.70 bits per heavy atom. The third kappa shape index (κ3) is 4.15. The summed E-state index contributed by atoms with van der Waals surface area (Å²) in [5.74, 6) is -0.229. The molecule has 20 heavy (non-hydrogen) atoms. The van der Waals surface area contributed by atoms with Crippen molar-refractivity contribution in [1.29, 1.82) is 0 Å². The zero-order valence-electron chi connectivity index (χ0n) is 11.1. The quantitative estimate of drug-likeness (QED) is 0.601. The highest BCUT2D eigenvalue weighted by Gasteiger charge is 2.07. The van der Waals surface area contributed by atoms with Crippen molar-refractivity contribution in [3.05, 3.63) is 59.7 Å². The molecule has 0 radical (unpaired) electrons. The number of halogens is 1. The molecule has 0 spiro atoms. The number of rotatable bonds is 6. The summed E-state index contributed by atoms with van der Waals surface area (Å²) in [6.07, 6.45) is 4.05. The Balaban J connectivity index is 2.04. The summed E-state index contributed by atoms with van der Waals surface area (Å²) in [6.45, 7) is 3.58. The molecule has 1 aromatic carbocycles. The molecule has 0 aliphatic carbocycles. The van der Waals surface area contributed by atoms with Crippen LogP contribution in [-0.2, 0) is 6.54 Å². The fourth-order valence-corrected chi connectivity index (χ4v) is 2.64. The number of aromatic nitrogens is 1. The van der Waals surface area contributed by atoms with Gasteiger partial charge in [-0.05, 0) is 35.7 Å². The topological polar surface area (TPSA) is 33.2 Å². The van der Waals surface area contributed by atoms with E-state index in [2.05, 4.69) is 9.29 Å². The maximum absolute atomic E-state index is 12.9. The van der Waals surface area contributed by atoms with Crippen molar-refractivity contribution >= 4 is 18.2 Å². The summed E-state index contributed by atoms with van der Waals surface area (Å²) < 4.78 is 15.0. The lowest BCUT2D eigenvalue weighted by Crippen LogP contribution is -2.14. The lowest BCUT2D eigenvalue weighted by atomic mass is 10.2. The highest BCUT2D eigenvalue weighted by atomic mass is 32.2. The van der Waals surface area contributed by atoms with Crippen molar-refractivity contribution in [3.63, 3.8) is 0 Å². The maximum Gasteiger partial charge on any atom is 0.151 e. The van der Waals surface area contributed by atoms with Gasteiger partial charge in [0.05, 0.1) is 0 Å². The molecule has 0 bridgehead atoms. The molecule has 0 aliphatic rings. The normalized spacial score (nSPS) is 10.8. The number of pyridine rings is 1. The van der Waals surface area contributed by atoms with Crippen LogP contribution in [0.25, 0.3) is 0 Å². The van der Waals surface area contributed by atoms with Crippen LogP contribution in [0.2, 0.25) is 0 Å². The number of aldehydes is 1. The molecule has 104 valence electrons. The minimum absolute atomic E-state index is 0.229. The molecule has 5 heteroatoms. The van der Waals surface area contributed by atoms with Crippen molar-refractivity contribution in [2.45, 2.75) is 18.4 Å². The largest absolute Gasteiger partial charge is 0.298 e. The number of carbonyl (C=O) groups is 1. The Hall–Kier alpha value is -1.72. The van der Waals surface area contributed by atoms with Gasteiger partial charge in [-0.1, -0.05) is 19.1 Å². The van der Waals surface area contributed by atoms with E-state index in [0.717, 1.165) is 23.3 Å². The maximum atomic E-state index is 12.9. The summed E-state index contributed by atoms with van der Waals surface area (Å²) in [5, 5.41) is 0. The molecular formula is C15H15FN2OS. The first-order valence-corrected chi connectivity index (χ1v) is 7.06. The van der Waals surface area contributed by atoms with E-state index >= 15 is 0 Å². The standard InChI is InChI=1S/C15H15FN2OS/c1-2-18(10-12-3-5-14(16)6-4-12)20-15-7-13(11-19)8-17-9-15/h3-9,11H,2,10H2,1H3. The van der Waals surface area contributed by atoms with Crippen LogP contribution in [0.5, 0.6) is 0 Å². The molecule has 1 heterocycles. The summed E-state index contributed by atoms with van der Waals surface area (Å²) in [6, 6.07) is 8.28. The number of nitrogens with zero attached hydrogens (tertiary/aromatic N) is 2. The van der Waals surface area contributed by atoms with Crippen molar-refractivity contribution in [2.24, 2.45) is 0 Å². The van der Waals surface area contributed by atoms with E-state index in [9.17, 15) is 9.18 Å². The minimum Gasteiger partial charge on any atom is -0.298 e. The first-order chi connectivity index (χ1) is 9.71. The summed E-state index contributed by atoms with van der Waals surface area (Å²) in [7, 11) is 0. The van der Waals surface area contributed by atoms with Gasteiger partial charge in [0.15, 0.2) is 6.29 Å². The van der Waals surface area contributed by atoms with E-state index in [1.807, 2.05) is 6.92 Å². The molecule has 3 nitrogen and oxygen atoms in total. The van der Waals surface area contributed by atoms with Crippen molar-refractivity contribution < 1.29 is 9.18 Å². The molecule has 0 atom stereocenters. The molecule has 2 aromatic rings. The molecule has 2 rings (SSSR count). The van der Waals surface area contributed by atoms with Gasteiger partial charge in [0, 0.05) is 35.9 Å².